The van der Waals surface area contributed by atoms with Gasteiger partial charge in [-0.3, -0.25) is 14.6 Å². The van der Waals surface area contributed by atoms with Crippen LogP contribution in [-0.4, -0.2) is 39.2 Å². The van der Waals surface area contributed by atoms with Crippen molar-refractivity contribution < 1.29 is 14.2 Å². The summed E-state index contributed by atoms with van der Waals surface area (Å²) in [7, 11) is 1.69. The van der Waals surface area contributed by atoms with Crippen molar-refractivity contribution in [2.24, 2.45) is 4.99 Å². The molecule has 1 aromatic carbocycles. The second-order valence-electron chi connectivity index (χ2n) is 7.43. The van der Waals surface area contributed by atoms with Crippen molar-refractivity contribution in [1.29, 1.82) is 0 Å². The van der Waals surface area contributed by atoms with Crippen LogP contribution in [0.5, 0.6) is 0 Å². The third kappa shape index (κ3) is 2.41. The lowest BCUT2D eigenvalue weighted by Crippen LogP contribution is -2.63. The molecule has 3 heterocycles. The molecule has 27 heavy (non-hydrogen) atoms. The van der Waals surface area contributed by atoms with Crippen LogP contribution in [0.3, 0.4) is 0 Å². The van der Waals surface area contributed by atoms with Gasteiger partial charge in [0, 0.05) is 7.05 Å². The van der Waals surface area contributed by atoms with Crippen LogP contribution in [0.15, 0.2) is 35.3 Å². The van der Waals surface area contributed by atoms with Gasteiger partial charge in [-0.05, 0) is 33.3 Å². The summed E-state index contributed by atoms with van der Waals surface area (Å²) in [5.41, 5.74) is 3.01. The van der Waals surface area contributed by atoms with Crippen molar-refractivity contribution >= 4 is 23.7 Å². The molecule has 0 bridgehead atoms. The summed E-state index contributed by atoms with van der Waals surface area (Å²) >= 11 is 0. The van der Waals surface area contributed by atoms with Gasteiger partial charge in [0.15, 0.2) is 0 Å². The van der Waals surface area contributed by atoms with Gasteiger partial charge in [-0.1, -0.05) is 35.3 Å². The molecule has 0 radical (unpaired) electrons. The Bertz CT molecular complexity index is 974. The van der Waals surface area contributed by atoms with Crippen LogP contribution in [0.4, 0.5) is 10.7 Å². The molecule has 4 rings (SSSR count). The van der Waals surface area contributed by atoms with Gasteiger partial charge in [0.05, 0.1) is 12.6 Å². The van der Waals surface area contributed by atoms with E-state index in [0.29, 0.717) is 5.84 Å². The summed E-state index contributed by atoms with van der Waals surface area (Å²) in [6.45, 7) is 8.48. The highest BCUT2D eigenvalue weighted by Gasteiger charge is 2.54. The fraction of sp³-hybridized carbons (Fsp3) is 0.400. The van der Waals surface area contributed by atoms with Gasteiger partial charge in [-0.2, -0.15) is 0 Å². The molecule has 140 valence electrons. The van der Waals surface area contributed by atoms with Gasteiger partial charge in [0.1, 0.15) is 11.4 Å². The van der Waals surface area contributed by atoms with Gasteiger partial charge in [-0.25, -0.2) is 13.9 Å². The molecule has 7 nitrogen and oxygen atoms in total. The average Bonchev–Trinajstić information content (AvgIpc) is 3.13. The topological polar surface area (TPSA) is 61.8 Å². The Balaban J connectivity index is 1.80. The van der Waals surface area contributed by atoms with Crippen molar-refractivity contribution in [1.82, 2.24) is 14.4 Å². The Kier molecular flexibility index (Phi) is 3.91. The second kappa shape index (κ2) is 6.04. The number of hydrogen-bond acceptors (Lipinski definition) is 3. The zero-order valence-corrected chi connectivity index (χ0v) is 16.3. The summed E-state index contributed by atoms with van der Waals surface area (Å²) in [6.07, 6.45) is 0. The number of amides is 3. The molecule has 7 heteroatoms. The first-order valence-electron chi connectivity index (χ1n) is 9.17. The summed E-state index contributed by atoms with van der Waals surface area (Å²) < 4.78 is 4.09. The first kappa shape index (κ1) is 17.5. The number of imide groups is 1. The lowest BCUT2D eigenvalue weighted by molar-refractivity contribution is -0.683. The molecule has 0 aliphatic carbocycles. The smallest absolute Gasteiger partial charge is 0.270 e. The van der Waals surface area contributed by atoms with Crippen LogP contribution in [-0.2, 0) is 11.3 Å². The number of carbonyl (C=O) groups excluding carboxylic acids is 2. The van der Waals surface area contributed by atoms with Crippen molar-refractivity contribution in [3.8, 4) is 0 Å². The van der Waals surface area contributed by atoms with Crippen molar-refractivity contribution in [3.63, 3.8) is 0 Å². The van der Waals surface area contributed by atoms with Gasteiger partial charge >= 0.3 is 12.0 Å². The summed E-state index contributed by atoms with van der Waals surface area (Å²) in [4.78, 5) is 33.7. The number of benzene rings is 1. The molecule has 1 unspecified atom stereocenters. The molecule has 1 aromatic heterocycles. The molecule has 3 amide bonds. The lowest BCUT2D eigenvalue weighted by Gasteiger charge is -2.33. The van der Waals surface area contributed by atoms with E-state index in [4.69, 9.17) is 4.99 Å². The lowest BCUT2D eigenvalue weighted by atomic mass is 10.1. The average molecular weight is 366 g/mol. The SMILES string of the molecule is Cc1c(C)[n+]2c(n1C(C)C)N=C1C2C(=O)N(Cc2ccccc2)C(=O)N1C. The summed E-state index contributed by atoms with van der Waals surface area (Å²) in [5, 5.41) is 0. The molecule has 0 saturated carbocycles. The largest absolute Gasteiger partial charge is 0.402 e. The number of imidazole rings is 1. The van der Waals surface area contributed by atoms with Crippen LogP contribution in [0.2, 0.25) is 0 Å². The number of aromatic nitrogens is 2. The molecule has 2 aliphatic rings. The normalized spacial score (nSPS) is 18.9. The zero-order chi connectivity index (χ0) is 19.5. The van der Waals surface area contributed by atoms with E-state index in [0.717, 1.165) is 22.9 Å². The van der Waals surface area contributed by atoms with Crippen LogP contribution < -0.4 is 4.57 Å². The van der Waals surface area contributed by atoms with Crippen LogP contribution in [0.25, 0.3) is 0 Å². The van der Waals surface area contributed by atoms with Crippen LogP contribution >= 0.6 is 0 Å². The van der Waals surface area contributed by atoms with Crippen molar-refractivity contribution in [3.05, 3.63) is 47.3 Å². The van der Waals surface area contributed by atoms with E-state index in [9.17, 15) is 9.59 Å². The summed E-state index contributed by atoms with van der Waals surface area (Å²) in [5.74, 6) is 1.00. The van der Waals surface area contributed by atoms with Crippen LogP contribution in [0.1, 0.15) is 42.9 Å². The van der Waals surface area contributed by atoms with Crippen molar-refractivity contribution in [2.75, 3.05) is 7.05 Å². The Morgan fingerprint density at radius 3 is 2.44 bits per heavy atom. The van der Waals surface area contributed by atoms with E-state index in [2.05, 4.69) is 18.4 Å². The molecule has 0 spiro atoms. The number of carbonyl (C=O) groups is 2. The third-order valence-corrected chi connectivity index (χ3v) is 5.46. The highest BCUT2D eigenvalue weighted by atomic mass is 16.2. The minimum atomic E-state index is -0.592. The maximum absolute atomic E-state index is 13.3. The predicted octanol–water partition coefficient (Wildman–Crippen LogP) is 2.65. The molecule has 1 fully saturated rings. The van der Waals surface area contributed by atoms with E-state index in [1.54, 1.807) is 7.05 Å². The molecule has 0 N–H and O–H groups in total. The fourth-order valence-electron chi connectivity index (χ4n) is 3.99. The molecular weight excluding hydrogens is 342 g/mol. The van der Waals surface area contributed by atoms with E-state index in [-0.39, 0.29) is 24.5 Å². The number of likely N-dealkylation sites (N-methyl/N-ethyl adjacent to an activating group) is 1. The molecule has 1 saturated heterocycles. The second-order valence-corrected chi connectivity index (χ2v) is 7.43. The number of amidine groups is 1. The first-order valence-corrected chi connectivity index (χ1v) is 9.17. The van der Waals surface area contributed by atoms with E-state index < -0.39 is 6.04 Å². The van der Waals surface area contributed by atoms with Gasteiger partial charge < -0.3 is 0 Å². The highest BCUT2D eigenvalue weighted by molar-refractivity contribution is 6.19. The molecule has 2 aromatic rings. The van der Waals surface area contributed by atoms with Crippen molar-refractivity contribution in [2.45, 2.75) is 46.3 Å². The zero-order valence-electron chi connectivity index (χ0n) is 16.3. The highest BCUT2D eigenvalue weighted by Crippen LogP contribution is 2.33. The molecule has 2 aliphatic heterocycles. The maximum atomic E-state index is 13.3. The minimum absolute atomic E-state index is 0.209. The number of nitrogens with zero attached hydrogens (tertiary/aromatic N) is 5. The van der Waals surface area contributed by atoms with E-state index >= 15 is 0 Å². The first-order chi connectivity index (χ1) is 12.8. The monoisotopic (exact) mass is 366 g/mol. The Labute approximate surface area is 158 Å². The van der Waals surface area contributed by atoms with Gasteiger partial charge in [-0.15, -0.1) is 0 Å². The maximum Gasteiger partial charge on any atom is 0.402 e. The number of fused-ring (bicyclic) bond motifs is 3. The quantitative estimate of drug-likeness (QED) is 0.784. The number of rotatable bonds is 3. The minimum Gasteiger partial charge on any atom is -0.270 e. The Morgan fingerprint density at radius 2 is 1.81 bits per heavy atom. The summed E-state index contributed by atoms with van der Waals surface area (Å²) in [6, 6.07) is 8.85. The predicted molar refractivity (Wildman–Crippen MR) is 101 cm³/mol. The Hall–Kier alpha value is -2.96. The number of urea groups is 1. The van der Waals surface area contributed by atoms with Crippen LogP contribution in [0, 0.1) is 13.8 Å². The third-order valence-electron chi connectivity index (χ3n) is 5.46. The molecule has 1 atom stereocenters. The van der Waals surface area contributed by atoms with E-state index in [1.807, 2.05) is 48.7 Å². The van der Waals surface area contributed by atoms with E-state index in [1.165, 1.54) is 9.80 Å². The Morgan fingerprint density at radius 1 is 1.15 bits per heavy atom. The standard InChI is InChI=1S/C20H24N5O2/c1-12(2)24-13(3)14(4)25-16-17(21-19(24)25)22(5)20(27)23(18(16)26)11-15-9-7-6-8-10-15/h6-10,12,16H,11H2,1-5H3/q+1. The van der Waals surface area contributed by atoms with Gasteiger partial charge in [0.25, 0.3) is 5.91 Å². The number of hydrogen-bond donors (Lipinski definition) is 0. The number of aliphatic imine (C=N–C) groups is 1. The molecular formula is C20H24N5O2+. The van der Waals surface area contributed by atoms with Gasteiger partial charge in [0.2, 0.25) is 11.9 Å². The fourth-order valence-corrected chi connectivity index (χ4v) is 3.99.